The maximum absolute atomic E-state index is 11.1. The van der Waals surface area contributed by atoms with E-state index in [4.69, 9.17) is 9.94 Å². The predicted octanol–water partition coefficient (Wildman–Crippen LogP) is 1.79. The molecule has 0 aliphatic carbocycles. The highest BCUT2D eigenvalue weighted by atomic mass is 16.7. The van der Waals surface area contributed by atoms with E-state index < -0.39 is 5.97 Å². The molecule has 19 heavy (non-hydrogen) atoms. The average molecular weight is 257 g/mol. The van der Waals surface area contributed by atoms with Crippen LogP contribution in [0.15, 0.2) is 42.7 Å². The van der Waals surface area contributed by atoms with Crippen molar-refractivity contribution in [2.45, 2.75) is 6.17 Å². The van der Waals surface area contributed by atoms with Gasteiger partial charge >= 0.3 is 5.97 Å². The third kappa shape index (κ3) is 2.09. The predicted molar refractivity (Wildman–Crippen MR) is 67.8 cm³/mol. The lowest BCUT2D eigenvalue weighted by Gasteiger charge is -2.14. The summed E-state index contributed by atoms with van der Waals surface area (Å²) in [5.41, 5.74) is 4.33. The van der Waals surface area contributed by atoms with Gasteiger partial charge in [0.2, 0.25) is 0 Å². The molecular weight excluding hydrogens is 246 g/mol. The van der Waals surface area contributed by atoms with Gasteiger partial charge in [0.1, 0.15) is 6.17 Å². The number of carboxylic acids is 1. The number of rotatable bonds is 3. The van der Waals surface area contributed by atoms with Gasteiger partial charge in [-0.25, -0.2) is 4.79 Å². The second-order valence-electron chi connectivity index (χ2n) is 4.06. The van der Waals surface area contributed by atoms with Crippen molar-refractivity contribution >= 4 is 11.7 Å². The fourth-order valence-corrected chi connectivity index (χ4v) is 1.96. The van der Waals surface area contributed by atoms with E-state index in [1.165, 1.54) is 18.5 Å². The lowest BCUT2D eigenvalue weighted by Crippen LogP contribution is -2.24. The van der Waals surface area contributed by atoms with Crippen molar-refractivity contribution in [2.75, 3.05) is 5.32 Å². The Morgan fingerprint density at radius 3 is 3.05 bits per heavy atom. The van der Waals surface area contributed by atoms with Crippen LogP contribution < -0.4 is 15.6 Å². The van der Waals surface area contributed by atoms with Crippen molar-refractivity contribution in [1.29, 1.82) is 0 Å². The number of aromatic carboxylic acids is 1. The first-order chi connectivity index (χ1) is 9.25. The number of hydrogen-bond acceptors (Lipinski definition) is 5. The third-order valence-corrected chi connectivity index (χ3v) is 2.87. The van der Waals surface area contributed by atoms with Crippen molar-refractivity contribution in [3.05, 3.63) is 53.9 Å². The maximum atomic E-state index is 11.1. The van der Waals surface area contributed by atoms with Crippen LogP contribution in [-0.4, -0.2) is 16.1 Å². The maximum Gasteiger partial charge on any atom is 0.337 e. The van der Waals surface area contributed by atoms with Crippen molar-refractivity contribution in [2.24, 2.45) is 0 Å². The topological polar surface area (TPSA) is 83.5 Å². The van der Waals surface area contributed by atoms with Crippen molar-refractivity contribution in [3.63, 3.8) is 0 Å². The van der Waals surface area contributed by atoms with Gasteiger partial charge in [-0.3, -0.25) is 4.98 Å². The van der Waals surface area contributed by atoms with Gasteiger partial charge in [-0.15, -0.1) is 5.48 Å². The standard InChI is InChI=1S/C13H11N3O3/c17-13(18)8-5-6-14-7-10(8)15-12-9-3-1-2-4-11(9)19-16-12/h1-7,12,15-16H,(H,17,18). The molecule has 96 valence electrons. The second-order valence-corrected chi connectivity index (χ2v) is 4.06. The highest BCUT2D eigenvalue weighted by Gasteiger charge is 2.24. The first-order valence-electron chi connectivity index (χ1n) is 5.71. The number of hydroxylamine groups is 1. The van der Waals surface area contributed by atoms with E-state index in [1.807, 2.05) is 24.3 Å². The Bertz CT molecular complexity index is 630. The molecule has 0 spiro atoms. The monoisotopic (exact) mass is 257 g/mol. The summed E-state index contributed by atoms with van der Waals surface area (Å²) in [6.07, 6.45) is 2.62. The van der Waals surface area contributed by atoms with Gasteiger partial charge in [0.15, 0.2) is 5.75 Å². The number of nitrogens with zero attached hydrogens (tertiary/aromatic N) is 1. The molecule has 1 atom stereocenters. The van der Waals surface area contributed by atoms with Crippen LogP contribution in [-0.2, 0) is 0 Å². The van der Waals surface area contributed by atoms with Gasteiger partial charge in [-0.1, -0.05) is 18.2 Å². The molecule has 0 saturated heterocycles. The molecule has 0 radical (unpaired) electrons. The lowest BCUT2D eigenvalue weighted by molar-refractivity contribution is 0.0697. The number of anilines is 1. The van der Waals surface area contributed by atoms with Crippen molar-refractivity contribution in [3.8, 4) is 5.75 Å². The molecule has 0 amide bonds. The van der Waals surface area contributed by atoms with Crippen molar-refractivity contribution < 1.29 is 14.7 Å². The molecule has 1 aromatic carbocycles. The lowest BCUT2D eigenvalue weighted by atomic mass is 10.1. The summed E-state index contributed by atoms with van der Waals surface area (Å²) < 4.78 is 0. The number of carboxylic acid groups (broad SMARTS) is 1. The molecule has 0 saturated carbocycles. The second kappa shape index (κ2) is 4.58. The summed E-state index contributed by atoms with van der Waals surface area (Å²) in [5.74, 6) is -0.280. The highest BCUT2D eigenvalue weighted by molar-refractivity contribution is 5.93. The number of hydrogen-bond donors (Lipinski definition) is 3. The number of aromatic nitrogens is 1. The van der Waals surface area contributed by atoms with Crippen LogP contribution >= 0.6 is 0 Å². The molecule has 0 fully saturated rings. The molecule has 0 bridgehead atoms. The van der Waals surface area contributed by atoms with Crippen LogP contribution in [0.5, 0.6) is 5.75 Å². The first kappa shape index (κ1) is 11.5. The molecule has 6 nitrogen and oxygen atoms in total. The summed E-state index contributed by atoms with van der Waals surface area (Å²) in [7, 11) is 0. The normalized spacial score (nSPS) is 16.5. The Hall–Kier alpha value is -2.60. The van der Waals surface area contributed by atoms with Crippen LogP contribution in [0.3, 0.4) is 0 Å². The van der Waals surface area contributed by atoms with E-state index in [0.717, 1.165) is 11.3 Å². The Balaban J connectivity index is 1.90. The molecule has 1 aromatic heterocycles. The Morgan fingerprint density at radius 1 is 1.37 bits per heavy atom. The number of nitrogens with one attached hydrogen (secondary N) is 2. The molecule has 1 unspecified atom stereocenters. The number of para-hydroxylation sites is 1. The quantitative estimate of drug-likeness (QED) is 0.777. The minimum absolute atomic E-state index is 0.168. The molecule has 2 aromatic rings. The number of fused-ring (bicyclic) bond motifs is 1. The molecular formula is C13H11N3O3. The molecule has 3 N–H and O–H groups in total. The Labute approximate surface area is 109 Å². The van der Waals surface area contributed by atoms with Crippen molar-refractivity contribution in [1.82, 2.24) is 10.5 Å². The summed E-state index contributed by atoms with van der Waals surface area (Å²) in [6.45, 7) is 0. The van der Waals surface area contributed by atoms with E-state index in [-0.39, 0.29) is 11.7 Å². The third-order valence-electron chi connectivity index (χ3n) is 2.87. The number of carbonyl (C=O) groups is 1. The zero-order valence-electron chi connectivity index (χ0n) is 9.83. The average Bonchev–Trinajstić information content (AvgIpc) is 2.83. The smallest absolute Gasteiger partial charge is 0.337 e. The Kier molecular flexibility index (Phi) is 2.77. The highest BCUT2D eigenvalue weighted by Crippen LogP contribution is 2.31. The van der Waals surface area contributed by atoms with Crippen LogP contribution in [0.2, 0.25) is 0 Å². The van der Waals surface area contributed by atoms with E-state index in [1.54, 1.807) is 0 Å². The SMILES string of the molecule is O=C(O)c1ccncc1NC1NOc2ccccc21. The molecule has 1 aliphatic rings. The fraction of sp³-hybridized carbons (Fsp3) is 0.0769. The van der Waals surface area contributed by atoms with E-state index >= 15 is 0 Å². The van der Waals surface area contributed by atoms with Gasteiger partial charge in [0.05, 0.1) is 17.4 Å². The number of pyridine rings is 1. The minimum Gasteiger partial charge on any atom is -0.478 e. The van der Waals surface area contributed by atoms with Crippen LogP contribution in [0.25, 0.3) is 0 Å². The van der Waals surface area contributed by atoms with Gasteiger partial charge < -0.3 is 15.3 Å². The summed E-state index contributed by atoms with van der Waals surface area (Å²) >= 11 is 0. The van der Waals surface area contributed by atoms with Gasteiger partial charge in [0.25, 0.3) is 0 Å². The van der Waals surface area contributed by atoms with Gasteiger partial charge in [0, 0.05) is 11.8 Å². The van der Waals surface area contributed by atoms with E-state index in [0.29, 0.717) is 5.69 Å². The van der Waals surface area contributed by atoms with E-state index in [9.17, 15) is 4.79 Å². The Morgan fingerprint density at radius 2 is 2.21 bits per heavy atom. The van der Waals surface area contributed by atoms with E-state index in [2.05, 4.69) is 15.8 Å². The molecule has 1 aliphatic heterocycles. The number of benzene rings is 1. The summed E-state index contributed by atoms with van der Waals surface area (Å²) in [5, 5.41) is 12.2. The molecule has 3 rings (SSSR count). The fourth-order valence-electron chi connectivity index (χ4n) is 1.96. The van der Waals surface area contributed by atoms with Gasteiger partial charge in [-0.05, 0) is 12.1 Å². The van der Waals surface area contributed by atoms with Crippen LogP contribution in [0, 0.1) is 0 Å². The minimum atomic E-state index is -1.00. The van der Waals surface area contributed by atoms with Crippen LogP contribution in [0.1, 0.15) is 22.1 Å². The zero-order valence-corrected chi connectivity index (χ0v) is 9.83. The first-order valence-corrected chi connectivity index (χ1v) is 5.71. The summed E-state index contributed by atoms with van der Waals surface area (Å²) in [4.78, 5) is 20.4. The molecule has 2 heterocycles. The summed E-state index contributed by atoms with van der Waals surface area (Å²) in [6, 6.07) is 8.96. The van der Waals surface area contributed by atoms with Gasteiger partial charge in [-0.2, -0.15) is 0 Å². The van der Waals surface area contributed by atoms with Crippen LogP contribution in [0.4, 0.5) is 5.69 Å². The molecule has 6 heteroatoms. The zero-order chi connectivity index (χ0) is 13.2. The largest absolute Gasteiger partial charge is 0.478 e.